The van der Waals surface area contributed by atoms with Crippen molar-refractivity contribution in [2.45, 2.75) is 6.54 Å². The highest BCUT2D eigenvalue weighted by Crippen LogP contribution is 2.20. The van der Waals surface area contributed by atoms with E-state index in [-0.39, 0.29) is 11.6 Å². The van der Waals surface area contributed by atoms with Gasteiger partial charge in [0.25, 0.3) is 5.91 Å². The van der Waals surface area contributed by atoms with E-state index >= 15 is 0 Å². The minimum atomic E-state index is -0.289. The van der Waals surface area contributed by atoms with Crippen LogP contribution in [0.5, 0.6) is 5.75 Å². The van der Waals surface area contributed by atoms with E-state index in [4.69, 9.17) is 4.74 Å². The van der Waals surface area contributed by atoms with Gasteiger partial charge in [0.1, 0.15) is 5.75 Å². The van der Waals surface area contributed by atoms with E-state index in [0.717, 1.165) is 16.3 Å². The van der Waals surface area contributed by atoms with Crippen LogP contribution in [0.15, 0.2) is 41.8 Å². The molecule has 2 aromatic heterocycles. The van der Waals surface area contributed by atoms with Gasteiger partial charge in [-0.2, -0.15) is 5.21 Å². The molecule has 1 amide bonds. The van der Waals surface area contributed by atoms with Crippen molar-refractivity contribution >= 4 is 28.7 Å². The number of rotatable bonds is 6. The highest BCUT2D eigenvalue weighted by atomic mass is 32.1. The fourth-order valence-corrected chi connectivity index (χ4v) is 2.60. The number of aromatic nitrogens is 3. The van der Waals surface area contributed by atoms with Crippen molar-refractivity contribution in [1.82, 2.24) is 20.7 Å². The highest BCUT2D eigenvalue weighted by Gasteiger charge is 2.16. The summed E-state index contributed by atoms with van der Waals surface area (Å²) in [6.45, 7) is 0.464. The first-order valence-electron chi connectivity index (χ1n) is 6.88. The first-order valence-corrected chi connectivity index (χ1v) is 7.76. The number of hydrogen-bond donors (Lipinski definition) is 3. The standard InChI is InChI=1S/C15H15N5O2S/c1-22-11-6-4-10(5-7-11)17-14-13(18-20-19-14)15(21)16-9-12-3-2-8-23-12/h2-8H,9H2,1H3,(H,16,21)(H2,17,18,19,20). The van der Waals surface area contributed by atoms with Crippen molar-refractivity contribution in [3.63, 3.8) is 0 Å². The summed E-state index contributed by atoms with van der Waals surface area (Å²) in [4.78, 5) is 13.3. The van der Waals surface area contributed by atoms with Gasteiger partial charge in [-0.25, -0.2) is 0 Å². The molecule has 0 saturated heterocycles. The Bertz CT molecular complexity index is 768. The van der Waals surface area contributed by atoms with Crippen molar-refractivity contribution in [2.24, 2.45) is 0 Å². The number of hydrogen-bond acceptors (Lipinski definition) is 6. The molecule has 3 rings (SSSR count). The molecule has 1 aromatic carbocycles. The van der Waals surface area contributed by atoms with Crippen molar-refractivity contribution in [1.29, 1.82) is 0 Å². The molecule has 3 N–H and O–H groups in total. The summed E-state index contributed by atoms with van der Waals surface area (Å²) in [6, 6.07) is 11.2. The van der Waals surface area contributed by atoms with Gasteiger partial charge in [0, 0.05) is 10.6 Å². The second-order valence-corrected chi connectivity index (χ2v) is 5.67. The SMILES string of the molecule is COc1ccc(Nc2n[nH]nc2C(=O)NCc2cccs2)cc1. The van der Waals surface area contributed by atoms with Crippen molar-refractivity contribution in [3.8, 4) is 5.75 Å². The van der Waals surface area contributed by atoms with Crippen LogP contribution in [0, 0.1) is 0 Å². The van der Waals surface area contributed by atoms with E-state index in [2.05, 4.69) is 26.0 Å². The summed E-state index contributed by atoms with van der Waals surface area (Å²) < 4.78 is 5.11. The fourth-order valence-electron chi connectivity index (χ4n) is 1.95. The van der Waals surface area contributed by atoms with Crippen LogP contribution in [0.25, 0.3) is 0 Å². The average molecular weight is 329 g/mol. The third-order valence-corrected chi connectivity index (χ3v) is 4.00. The number of anilines is 2. The number of carbonyl (C=O) groups is 1. The number of nitrogens with zero attached hydrogens (tertiary/aromatic N) is 2. The van der Waals surface area contributed by atoms with E-state index in [1.165, 1.54) is 0 Å². The van der Waals surface area contributed by atoms with Gasteiger partial charge in [-0.15, -0.1) is 21.5 Å². The quantitative estimate of drug-likeness (QED) is 0.646. The van der Waals surface area contributed by atoms with E-state index in [1.807, 2.05) is 41.8 Å². The lowest BCUT2D eigenvalue weighted by molar-refractivity contribution is 0.0947. The molecule has 0 aliphatic heterocycles. The van der Waals surface area contributed by atoms with E-state index in [0.29, 0.717) is 12.4 Å². The molecule has 0 aliphatic rings. The Morgan fingerprint density at radius 1 is 1.26 bits per heavy atom. The number of benzene rings is 1. The maximum atomic E-state index is 12.2. The molecular formula is C15H15N5O2S. The van der Waals surface area contributed by atoms with Crippen LogP contribution in [-0.4, -0.2) is 28.4 Å². The van der Waals surface area contributed by atoms with Crippen molar-refractivity contribution in [2.75, 3.05) is 12.4 Å². The number of carbonyl (C=O) groups excluding carboxylic acids is 1. The normalized spacial score (nSPS) is 10.3. The van der Waals surface area contributed by atoms with Crippen LogP contribution >= 0.6 is 11.3 Å². The minimum absolute atomic E-state index is 0.220. The lowest BCUT2D eigenvalue weighted by Crippen LogP contribution is -2.23. The van der Waals surface area contributed by atoms with Crippen LogP contribution in [0.4, 0.5) is 11.5 Å². The second kappa shape index (κ2) is 6.93. The zero-order valence-electron chi connectivity index (χ0n) is 12.4. The van der Waals surface area contributed by atoms with E-state index in [1.54, 1.807) is 18.4 Å². The van der Waals surface area contributed by atoms with Gasteiger partial charge in [0.2, 0.25) is 0 Å². The van der Waals surface area contributed by atoms with E-state index in [9.17, 15) is 4.79 Å². The first-order chi connectivity index (χ1) is 11.3. The Labute approximate surface area is 136 Å². The van der Waals surface area contributed by atoms with Crippen LogP contribution in [0.2, 0.25) is 0 Å². The summed E-state index contributed by atoms with van der Waals surface area (Å²) in [5, 5.41) is 18.2. The maximum Gasteiger partial charge on any atom is 0.276 e. The van der Waals surface area contributed by atoms with Crippen LogP contribution in [0.1, 0.15) is 15.4 Å². The fraction of sp³-hybridized carbons (Fsp3) is 0.133. The Balaban J connectivity index is 1.67. The third-order valence-electron chi connectivity index (χ3n) is 3.12. The van der Waals surface area contributed by atoms with E-state index < -0.39 is 0 Å². The van der Waals surface area contributed by atoms with Gasteiger partial charge < -0.3 is 15.4 Å². The predicted molar refractivity (Wildman–Crippen MR) is 88.1 cm³/mol. The topological polar surface area (TPSA) is 91.9 Å². The first kappa shape index (κ1) is 15.0. The van der Waals surface area contributed by atoms with Gasteiger partial charge >= 0.3 is 0 Å². The number of ether oxygens (including phenoxy) is 1. The van der Waals surface area contributed by atoms with Crippen molar-refractivity contribution in [3.05, 3.63) is 52.3 Å². The van der Waals surface area contributed by atoms with Gasteiger partial charge in [-0.3, -0.25) is 4.79 Å². The number of nitrogens with one attached hydrogen (secondary N) is 3. The molecule has 7 nitrogen and oxygen atoms in total. The Morgan fingerprint density at radius 3 is 2.78 bits per heavy atom. The predicted octanol–water partition coefficient (Wildman–Crippen LogP) is 2.55. The molecule has 0 radical (unpaired) electrons. The zero-order chi connectivity index (χ0) is 16.1. The van der Waals surface area contributed by atoms with Crippen molar-refractivity contribution < 1.29 is 9.53 Å². The van der Waals surface area contributed by atoms with Crippen LogP contribution in [0.3, 0.4) is 0 Å². The average Bonchev–Trinajstić information content (AvgIpc) is 3.25. The zero-order valence-corrected chi connectivity index (χ0v) is 13.2. The molecule has 0 unspecified atom stereocenters. The van der Waals surface area contributed by atoms with Gasteiger partial charge in [-0.05, 0) is 35.7 Å². The molecule has 0 fully saturated rings. The molecule has 0 spiro atoms. The van der Waals surface area contributed by atoms with Crippen LogP contribution in [-0.2, 0) is 6.54 Å². The summed E-state index contributed by atoms with van der Waals surface area (Å²) in [5.74, 6) is 0.839. The summed E-state index contributed by atoms with van der Waals surface area (Å²) in [6.07, 6.45) is 0. The lowest BCUT2D eigenvalue weighted by Gasteiger charge is -2.06. The number of aromatic amines is 1. The third kappa shape index (κ3) is 3.67. The Morgan fingerprint density at radius 2 is 2.09 bits per heavy atom. The van der Waals surface area contributed by atoms with Gasteiger partial charge in [-0.1, -0.05) is 6.07 Å². The summed E-state index contributed by atoms with van der Waals surface area (Å²) >= 11 is 1.59. The number of amides is 1. The minimum Gasteiger partial charge on any atom is -0.497 e. The second-order valence-electron chi connectivity index (χ2n) is 4.64. The molecule has 0 aliphatic carbocycles. The molecule has 3 aromatic rings. The molecule has 0 saturated carbocycles. The monoisotopic (exact) mass is 329 g/mol. The number of methoxy groups -OCH3 is 1. The molecule has 118 valence electrons. The van der Waals surface area contributed by atoms with Crippen LogP contribution < -0.4 is 15.4 Å². The largest absolute Gasteiger partial charge is 0.497 e. The summed E-state index contributed by atoms with van der Waals surface area (Å²) in [7, 11) is 1.61. The lowest BCUT2D eigenvalue weighted by atomic mass is 10.3. The summed E-state index contributed by atoms with van der Waals surface area (Å²) in [5.41, 5.74) is 1.00. The molecule has 0 bridgehead atoms. The number of H-pyrrole nitrogens is 1. The maximum absolute atomic E-state index is 12.2. The molecule has 0 atom stereocenters. The number of thiophene rings is 1. The Kier molecular flexibility index (Phi) is 4.53. The van der Waals surface area contributed by atoms with Gasteiger partial charge in [0.05, 0.1) is 13.7 Å². The Hall–Kier alpha value is -2.87. The molecular weight excluding hydrogens is 314 g/mol. The smallest absolute Gasteiger partial charge is 0.276 e. The highest BCUT2D eigenvalue weighted by molar-refractivity contribution is 7.09. The molecule has 2 heterocycles. The molecule has 23 heavy (non-hydrogen) atoms. The molecule has 8 heteroatoms. The van der Waals surface area contributed by atoms with Gasteiger partial charge in [0.15, 0.2) is 11.5 Å².